The summed E-state index contributed by atoms with van der Waals surface area (Å²) >= 11 is 4.40. The third kappa shape index (κ3) is 7.26. The van der Waals surface area contributed by atoms with Gasteiger partial charge in [0.25, 0.3) is 0 Å². The van der Waals surface area contributed by atoms with Gasteiger partial charge < -0.3 is 24.0 Å². The minimum absolute atomic E-state index is 0. The van der Waals surface area contributed by atoms with E-state index < -0.39 is 0 Å². The van der Waals surface area contributed by atoms with Crippen LogP contribution in [0.3, 0.4) is 0 Å². The number of rotatable bonds is 1. The molecule has 1 rings (SSSR count). The van der Waals surface area contributed by atoms with Gasteiger partial charge in [-0.1, -0.05) is 26.7 Å². The molecule has 1 aromatic carbocycles. The topological polar surface area (TPSA) is 0 Å². The van der Waals surface area contributed by atoms with Crippen molar-refractivity contribution in [3.8, 4) is 0 Å². The second kappa shape index (κ2) is 9.84. The molecular formula is C10H13I2Ru. The van der Waals surface area contributed by atoms with E-state index in [1.165, 1.54) is 11.1 Å². The second-order valence-corrected chi connectivity index (χ2v) is 2.96. The Balaban J connectivity index is 0. The van der Waals surface area contributed by atoms with Crippen molar-refractivity contribution in [2.24, 2.45) is 0 Å². The van der Waals surface area contributed by atoms with Crippen molar-refractivity contribution < 1.29 is 38.8 Å². The molecule has 3 heteroatoms. The minimum atomic E-state index is 0. The van der Waals surface area contributed by atoms with E-state index in [-0.39, 0.29) is 24.0 Å². The Morgan fingerprint density at radius 3 is 2.15 bits per heavy atom. The fourth-order valence-electron chi connectivity index (χ4n) is 0.874. The van der Waals surface area contributed by atoms with Crippen LogP contribution in [0.4, 0.5) is 0 Å². The van der Waals surface area contributed by atoms with E-state index in [1.807, 2.05) is 0 Å². The first-order valence-electron chi connectivity index (χ1n) is 3.82. The van der Waals surface area contributed by atoms with Crippen LogP contribution < -0.4 is 24.0 Å². The summed E-state index contributed by atoms with van der Waals surface area (Å²) in [7, 11) is 0. The predicted molar refractivity (Wildman–Crippen MR) is 58.1 cm³/mol. The molecule has 0 fully saturated rings. The second-order valence-electron chi connectivity index (χ2n) is 2.96. The Kier molecular flexibility index (Phi) is 12.7. The van der Waals surface area contributed by atoms with Gasteiger partial charge in [0.1, 0.15) is 0 Å². The van der Waals surface area contributed by atoms with E-state index in [4.69, 9.17) is 0 Å². The molecule has 0 saturated carbocycles. The van der Waals surface area contributed by atoms with Crippen molar-refractivity contribution in [2.45, 2.75) is 26.7 Å². The van der Waals surface area contributed by atoms with Gasteiger partial charge in [-0.25, -0.2) is 0 Å². The first-order chi connectivity index (χ1) is 5.70. The Bertz CT molecular complexity index is 207. The van der Waals surface area contributed by atoms with Gasteiger partial charge in [-0.05, 0) is 0 Å². The van der Waals surface area contributed by atoms with E-state index >= 15 is 0 Å². The van der Waals surface area contributed by atoms with Gasteiger partial charge in [0, 0.05) is 0 Å². The van der Waals surface area contributed by atoms with Crippen LogP contribution in [0.2, 0.25) is 0 Å². The van der Waals surface area contributed by atoms with Gasteiger partial charge in [-0.3, -0.25) is 0 Å². The summed E-state index contributed by atoms with van der Waals surface area (Å²) in [6, 6.07) is 9.52. The van der Waals surface area contributed by atoms with E-state index in [9.17, 15) is 0 Å². The molecular weight excluding hydrogens is 475 g/mol. The van der Waals surface area contributed by atoms with E-state index in [1.54, 1.807) is 0 Å². The van der Waals surface area contributed by atoms with Crippen LogP contribution in [0.5, 0.6) is 0 Å². The summed E-state index contributed by atoms with van der Waals surface area (Å²) in [6.45, 7) is 6.45. The quantitative estimate of drug-likeness (QED) is 0.312. The van der Waals surface area contributed by atoms with Crippen LogP contribution >= 0.6 is 19.8 Å². The number of aryl methyl sites for hydroxylation is 1. The van der Waals surface area contributed by atoms with E-state index in [2.05, 4.69) is 79.6 Å². The van der Waals surface area contributed by atoms with Gasteiger partial charge in [0.05, 0.1) is 0 Å². The van der Waals surface area contributed by atoms with E-state index in [0.717, 1.165) is 0 Å². The molecule has 0 N–H and O–H groups in total. The molecule has 0 heterocycles. The van der Waals surface area contributed by atoms with Gasteiger partial charge in [0.15, 0.2) is 0 Å². The molecule has 0 spiro atoms. The molecule has 0 atom stereocenters. The van der Waals surface area contributed by atoms with Crippen molar-refractivity contribution in [2.75, 3.05) is 0 Å². The van der Waals surface area contributed by atoms with Gasteiger partial charge in [-0.2, -0.15) is 35.4 Å². The first kappa shape index (κ1) is 16.7. The van der Waals surface area contributed by atoms with Crippen molar-refractivity contribution in [1.82, 2.24) is 0 Å². The fourth-order valence-corrected chi connectivity index (χ4v) is 0.874. The van der Waals surface area contributed by atoms with Crippen molar-refractivity contribution in [1.29, 1.82) is 0 Å². The standard InChI is InChI=1S/C10H13.2HI.Ru/c1-8(2)10-6-4-9(3)5-7-10;;;/h4,6-8H,1-3H3;2*1H;/q-1;;;+3/p-2. The van der Waals surface area contributed by atoms with Crippen molar-refractivity contribution >= 4 is 19.8 Å². The van der Waals surface area contributed by atoms with Gasteiger partial charge in [-0.15, -0.1) is 0 Å². The molecule has 1 aromatic rings. The average molecular weight is 488 g/mol. The molecule has 0 aliphatic heterocycles. The zero-order valence-electron chi connectivity index (χ0n) is 7.92. The van der Waals surface area contributed by atoms with Gasteiger partial charge >= 0.3 is 34.5 Å². The summed E-state index contributed by atoms with van der Waals surface area (Å²) in [5, 5.41) is 0. The predicted octanol–water partition coefficient (Wildman–Crippen LogP) is 0.806. The first-order valence-corrected chi connectivity index (χ1v) is 8.98. The third-order valence-corrected chi connectivity index (χ3v) is 1.66. The number of halogens is 2. The van der Waals surface area contributed by atoms with Crippen molar-refractivity contribution in [3.05, 3.63) is 35.4 Å². The Morgan fingerprint density at radius 2 is 1.85 bits per heavy atom. The fraction of sp³-hybridized carbons (Fsp3) is 0.400. The number of hydrogen-bond donors (Lipinski definition) is 0. The molecule has 0 radical (unpaired) electrons. The zero-order valence-corrected chi connectivity index (χ0v) is 14.0. The Morgan fingerprint density at radius 1 is 1.31 bits per heavy atom. The number of benzene rings is 1. The SMILES string of the molecule is Cc1[c-]cc(C(C)C)cc1.[I-].[Ru+2][I]. The Hall–Kier alpha value is 1.30. The summed E-state index contributed by atoms with van der Waals surface area (Å²) in [5.41, 5.74) is 2.58. The molecule has 0 aliphatic rings. The molecule has 75 valence electrons. The summed E-state index contributed by atoms with van der Waals surface area (Å²) in [4.78, 5) is 0. The normalized spacial score (nSPS) is 8.38. The van der Waals surface area contributed by atoms with E-state index in [0.29, 0.717) is 5.92 Å². The molecule has 0 unspecified atom stereocenters. The van der Waals surface area contributed by atoms with Crippen LogP contribution in [-0.4, -0.2) is 0 Å². The summed E-state index contributed by atoms with van der Waals surface area (Å²) in [6.07, 6.45) is 0. The maximum absolute atomic E-state index is 3.18. The van der Waals surface area contributed by atoms with Crippen LogP contribution in [-0.2, 0) is 14.8 Å². The monoisotopic (exact) mass is 489 g/mol. The third-order valence-electron chi connectivity index (χ3n) is 1.66. The molecule has 0 nitrogen and oxygen atoms in total. The van der Waals surface area contributed by atoms with Crippen LogP contribution in [0.1, 0.15) is 30.9 Å². The molecule has 0 saturated heterocycles. The zero-order chi connectivity index (χ0) is 9.56. The molecule has 0 aromatic heterocycles. The average Bonchev–Trinajstić information content (AvgIpc) is 2.09. The summed E-state index contributed by atoms with van der Waals surface area (Å²) < 4.78 is 0. The number of hydrogen-bond acceptors (Lipinski definition) is 0. The molecule has 0 bridgehead atoms. The summed E-state index contributed by atoms with van der Waals surface area (Å²) in [5.74, 6) is 0.622. The van der Waals surface area contributed by atoms with Crippen molar-refractivity contribution in [3.63, 3.8) is 0 Å². The van der Waals surface area contributed by atoms with Crippen LogP contribution in [0.25, 0.3) is 0 Å². The Labute approximate surface area is 119 Å². The van der Waals surface area contributed by atoms with Gasteiger partial charge in [0.2, 0.25) is 0 Å². The molecule has 13 heavy (non-hydrogen) atoms. The van der Waals surface area contributed by atoms with Crippen LogP contribution in [0, 0.1) is 13.0 Å². The van der Waals surface area contributed by atoms with Crippen LogP contribution in [0.15, 0.2) is 18.2 Å². The molecule has 0 aliphatic carbocycles. The molecule has 0 amide bonds. The maximum atomic E-state index is 3.18.